The van der Waals surface area contributed by atoms with Crippen LogP contribution in [0.5, 0.6) is 11.5 Å². The monoisotopic (exact) mass is 453 g/mol. The summed E-state index contributed by atoms with van der Waals surface area (Å²) in [5.74, 6) is -0.708. The van der Waals surface area contributed by atoms with Gasteiger partial charge in [0.15, 0.2) is 0 Å². The molecule has 1 fully saturated rings. The quantitative estimate of drug-likeness (QED) is 0.252. The second kappa shape index (κ2) is 10.2. The first-order valence-corrected chi connectivity index (χ1v) is 10.5. The molecule has 6 nitrogen and oxygen atoms in total. The number of amides is 1. The lowest BCUT2D eigenvalue weighted by molar-refractivity contribution is -0.139. The molecule has 166 valence electrons. The summed E-state index contributed by atoms with van der Waals surface area (Å²) in [4.78, 5) is 27.0. The number of nitrogens with zero attached hydrogens (tertiary/aromatic N) is 1. The average Bonchev–Trinajstić information content (AvgIpc) is 3.04. The lowest BCUT2D eigenvalue weighted by Gasteiger charge is -2.24. The van der Waals surface area contributed by atoms with Crippen molar-refractivity contribution < 1.29 is 24.2 Å². The molecule has 1 amide bonds. The van der Waals surface area contributed by atoms with Crippen molar-refractivity contribution >= 4 is 29.1 Å². The van der Waals surface area contributed by atoms with E-state index in [1.54, 1.807) is 42.5 Å². The van der Waals surface area contributed by atoms with Gasteiger partial charge in [0.25, 0.3) is 11.7 Å². The van der Waals surface area contributed by atoms with Gasteiger partial charge in [0.05, 0.1) is 23.2 Å². The van der Waals surface area contributed by atoms with Gasteiger partial charge >= 0.3 is 0 Å². The molecule has 0 saturated carbocycles. The number of hydrogen-bond donors (Lipinski definition) is 1. The Hall–Kier alpha value is -3.51. The number of hydrogen-bond acceptors (Lipinski definition) is 5. The number of ether oxygens (including phenoxy) is 2. The highest BCUT2D eigenvalue weighted by molar-refractivity contribution is 6.46. The number of Topliss-reactive ketones (excluding diaryl/α,β-unsaturated/α-hetero) is 1. The van der Waals surface area contributed by atoms with Gasteiger partial charge in [-0.25, -0.2) is 0 Å². The number of rotatable bonds is 9. The molecule has 0 unspecified atom stereocenters. The van der Waals surface area contributed by atoms with Crippen molar-refractivity contribution in [2.75, 3.05) is 19.8 Å². The number of ketones is 1. The number of aliphatic hydroxyl groups is 1. The van der Waals surface area contributed by atoms with Crippen molar-refractivity contribution in [3.63, 3.8) is 0 Å². The van der Waals surface area contributed by atoms with E-state index in [0.29, 0.717) is 35.8 Å². The molecule has 3 rings (SSSR count). The molecule has 1 heterocycles. The SMILES string of the molecule is C=CCOc1ccc([C@H]2C(=C(O)c3ccc(OCC)c(Cl)c3)C(=O)C(=O)N2CC=C)cc1. The molecule has 1 saturated heterocycles. The van der Waals surface area contributed by atoms with Gasteiger partial charge in [0.1, 0.15) is 23.9 Å². The Morgan fingerprint density at radius 1 is 1.12 bits per heavy atom. The van der Waals surface area contributed by atoms with Crippen molar-refractivity contribution in [1.82, 2.24) is 4.90 Å². The van der Waals surface area contributed by atoms with E-state index in [2.05, 4.69) is 13.2 Å². The Kier molecular flexibility index (Phi) is 7.38. The Morgan fingerprint density at radius 2 is 1.84 bits per heavy atom. The highest BCUT2D eigenvalue weighted by Gasteiger charge is 2.45. The van der Waals surface area contributed by atoms with E-state index in [1.165, 1.54) is 17.0 Å². The second-order valence-corrected chi connectivity index (χ2v) is 7.39. The molecule has 0 bridgehead atoms. The van der Waals surface area contributed by atoms with Crippen LogP contribution in [0.4, 0.5) is 0 Å². The third-order valence-electron chi connectivity index (χ3n) is 4.93. The third kappa shape index (κ3) is 4.55. The van der Waals surface area contributed by atoms with Crippen LogP contribution >= 0.6 is 11.6 Å². The summed E-state index contributed by atoms with van der Waals surface area (Å²) in [6.07, 6.45) is 3.17. The fraction of sp³-hybridized carbons (Fsp3) is 0.200. The highest BCUT2D eigenvalue weighted by Crippen LogP contribution is 2.40. The van der Waals surface area contributed by atoms with E-state index >= 15 is 0 Å². The van der Waals surface area contributed by atoms with E-state index < -0.39 is 17.7 Å². The lowest BCUT2D eigenvalue weighted by atomic mass is 9.95. The average molecular weight is 454 g/mol. The number of aliphatic hydroxyl groups excluding tert-OH is 1. The van der Waals surface area contributed by atoms with Gasteiger partial charge in [0.2, 0.25) is 0 Å². The van der Waals surface area contributed by atoms with E-state index in [-0.39, 0.29) is 22.9 Å². The van der Waals surface area contributed by atoms with Crippen molar-refractivity contribution in [1.29, 1.82) is 0 Å². The third-order valence-corrected chi connectivity index (χ3v) is 5.23. The Labute approximate surface area is 192 Å². The zero-order valence-electron chi connectivity index (χ0n) is 17.7. The minimum absolute atomic E-state index is 0.0168. The second-order valence-electron chi connectivity index (χ2n) is 6.99. The predicted octanol–water partition coefficient (Wildman–Crippen LogP) is 4.91. The first kappa shape index (κ1) is 23.2. The summed E-state index contributed by atoms with van der Waals surface area (Å²) in [5, 5.41) is 11.3. The highest BCUT2D eigenvalue weighted by atomic mass is 35.5. The fourth-order valence-corrected chi connectivity index (χ4v) is 3.77. The van der Waals surface area contributed by atoms with Crippen LogP contribution in [0.25, 0.3) is 5.76 Å². The Morgan fingerprint density at radius 3 is 2.44 bits per heavy atom. The zero-order chi connectivity index (χ0) is 23.3. The molecule has 0 aliphatic carbocycles. The largest absolute Gasteiger partial charge is 0.507 e. The maximum atomic E-state index is 12.9. The van der Waals surface area contributed by atoms with Crippen LogP contribution in [-0.2, 0) is 9.59 Å². The van der Waals surface area contributed by atoms with Crippen LogP contribution in [0.1, 0.15) is 24.1 Å². The van der Waals surface area contributed by atoms with Gasteiger partial charge < -0.3 is 19.5 Å². The zero-order valence-corrected chi connectivity index (χ0v) is 18.5. The van der Waals surface area contributed by atoms with Gasteiger partial charge in [0, 0.05) is 12.1 Å². The topological polar surface area (TPSA) is 76.1 Å². The van der Waals surface area contributed by atoms with Crippen LogP contribution < -0.4 is 9.47 Å². The van der Waals surface area contributed by atoms with Crippen LogP contribution in [0.3, 0.4) is 0 Å². The molecule has 1 aliphatic rings. The van der Waals surface area contributed by atoms with Crippen molar-refractivity contribution in [2.45, 2.75) is 13.0 Å². The maximum absolute atomic E-state index is 12.9. The van der Waals surface area contributed by atoms with Gasteiger partial charge in [-0.1, -0.05) is 42.5 Å². The minimum atomic E-state index is -0.785. The maximum Gasteiger partial charge on any atom is 0.295 e. The number of likely N-dealkylation sites (tertiary alicyclic amines) is 1. The number of benzene rings is 2. The summed E-state index contributed by atoms with van der Waals surface area (Å²) in [7, 11) is 0. The lowest BCUT2D eigenvalue weighted by Crippen LogP contribution is -2.29. The van der Waals surface area contributed by atoms with Gasteiger partial charge in [-0.15, -0.1) is 6.58 Å². The standard InChI is InChI=1S/C25H24ClNO5/c1-4-13-27-22(16-7-10-18(11-8-16)32-14-5-2)21(24(29)25(27)30)23(28)17-9-12-20(31-6-3)19(26)15-17/h4-5,7-12,15,22,28H,1-2,6,13-14H2,3H3/t22-/m0/s1. The molecule has 1 aliphatic heterocycles. The predicted molar refractivity (Wildman–Crippen MR) is 124 cm³/mol. The van der Waals surface area contributed by atoms with E-state index in [9.17, 15) is 14.7 Å². The summed E-state index contributed by atoms with van der Waals surface area (Å²) in [6.45, 7) is 10.1. The molecular formula is C25H24ClNO5. The molecule has 32 heavy (non-hydrogen) atoms. The van der Waals surface area contributed by atoms with E-state index in [1.807, 2.05) is 6.92 Å². The van der Waals surface area contributed by atoms with Crippen molar-refractivity contribution in [3.8, 4) is 11.5 Å². The first-order chi connectivity index (χ1) is 15.4. The molecular weight excluding hydrogens is 430 g/mol. The summed E-state index contributed by atoms with van der Waals surface area (Å²) in [5.41, 5.74) is 0.943. The molecule has 1 N–H and O–H groups in total. The Bertz CT molecular complexity index is 1070. The summed E-state index contributed by atoms with van der Waals surface area (Å²) in [6, 6.07) is 10.9. The van der Waals surface area contributed by atoms with Gasteiger partial charge in [-0.05, 0) is 42.8 Å². The number of carbonyl (C=O) groups excluding carboxylic acids is 2. The van der Waals surface area contributed by atoms with Crippen LogP contribution in [-0.4, -0.2) is 41.5 Å². The molecule has 0 aromatic heterocycles. The number of carbonyl (C=O) groups is 2. The van der Waals surface area contributed by atoms with Crippen molar-refractivity contribution in [2.24, 2.45) is 0 Å². The molecule has 1 atom stereocenters. The Balaban J connectivity index is 2.09. The summed E-state index contributed by atoms with van der Waals surface area (Å²) < 4.78 is 10.9. The van der Waals surface area contributed by atoms with Crippen LogP contribution in [0.15, 0.2) is 73.3 Å². The van der Waals surface area contributed by atoms with Gasteiger partial charge in [-0.2, -0.15) is 0 Å². The molecule has 2 aromatic rings. The first-order valence-electron chi connectivity index (χ1n) is 10.1. The molecule has 0 radical (unpaired) electrons. The fourth-order valence-electron chi connectivity index (χ4n) is 3.53. The van der Waals surface area contributed by atoms with E-state index in [0.717, 1.165) is 0 Å². The minimum Gasteiger partial charge on any atom is -0.507 e. The summed E-state index contributed by atoms with van der Waals surface area (Å²) >= 11 is 6.26. The van der Waals surface area contributed by atoms with Crippen molar-refractivity contribution in [3.05, 3.63) is 89.5 Å². The molecule has 7 heteroatoms. The smallest absolute Gasteiger partial charge is 0.295 e. The normalized spacial score (nSPS) is 17.3. The van der Waals surface area contributed by atoms with Crippen LogP contribution in [0.2, 0.25) is 5.02 Å². The van der Waals surface area contributed by atoms with E-state index in [4.69, 9.17) is 21.1 Å². The molecule has 0 spiro atoms. The van der Waals surface area contributed by atoms with Crippen LogP contribution in [0, 0.1) is 0 Å². The van der Waals surface area contributed by atoms with Gasteiger partial charge in [-0.3, -0.25) is 9.59 Å². The molecule has 2 aromatic carbocycles. The number of halogens is 1.